The minimum absolute atomic E-state index is 0.0334. The molecule has 2 heterocycles. The molecule has 0 radical (unpaired) electrons. The zero-order valence-corrected chi connectivity index (χ0v) is 20.6. The third-order valence-electron chi connectivity index (χ3n) is 5.75. The van der Waals surface area contributed by atoms with Crippen molar-refractivity contribution < 1.29 is 37.0 Å². The predicted octanol–water partition coefficient (Wildman–Crippen LogP) is 4.23. The molecule has 0 saturated carbocycles. The minimum Gasteiger partial charge on any atom is -0.448 e. The lowest BCUT2D eigenvalue weighted by molar-refractivity contribution is -0.274. The van der Waals surface area contributed by atoms with Crippen LogP contribution in [0.3, 0.4) is 0 Å². The molecule has 2 aromatic rings. The number of likely N-dealkylation sites (N-methyl/N-ethyl adjacent to an activating group) is 1. The van der Waals surface area contributed by atoms with Gasteiger partial charge in [0.05, 0.1) is 5.69 Å². The number of amides is 4. The molecule has 200 valence electrons. The molecule has 13 heteroatoms. The van der Waals surface area contributed by atoms with Crippen molar-refractivity contribution in [3.05, 3.63) is 48.2 Å². The Morgan fingerprint density at radius 3 is 2.43 bits per heavy atom. The Labute approximate surface area is 211 Å². The van der Waals surface area contributed by atoms with Crippen molar-refractivity contribution in [1.82, 2.24) is 14.8 Å². The summed E-state index contributed by atoms with van der Waals surface area (Å²) in [4.78, 5) is 46.3. The second kappa shape index (κ2) is 11.9. The molecule has 0 aliphatic carbocycles. The summed E-state index contributed by atoms with van der Waals surface area (Å²) in [5.74, 6) is -0.782. The second-order valence-corrected chi connectivity index (χ2v) is 8.14. The number of halogens is 3. The fourth-order valence-electron chi connectivity index (χ4n) is 3.73. The van der Waals surface area contributed by atoms with Crippen LogP contribution >= 0.6 is 0 Å². The van der Waals surface area contributed by atoms with E-state index in [-0.39, 0.29) is 24.7 Å². The fraction of sp³-hybridized carbons (Fsp3) is 0.417. The van der Waals surface area contributed by atoms with Gasteiger partial charge in [0.15, 0.2) is 0 Å². The summed E-state index contributed by atoms with van der Waals surface area (Å²) in [6.45, 7) is 8.12. The van der Waals surface area contributed by atoms with E-state index in [1.807, 2.05) is 13.8 Å². The first-order valence-electron chi connectivity index (χ1n) is 11.6. The number of rotatable bonds is 10. The second-order valence-electron chi connectivity index (χ2n) is 8.14. The molecule has 1 aliphatic rings. The summed E-state index contributed by atoms with van der Waals surface area (Å²) in [6, 6.07) is 6.19. The molecule has 3 rings (SSSR count). The Morgan fingerprint density at radius 1 is 1.14 bits per heavy atom. The number of aromatic nitrogens is 1. The fourth-order valence-corrected chi connectivity index (χ4v) is 3.73. The van der Waals surface area contributed by atoms with Gasteiger partial charge in [-0.2, -0.15) is 0 Å². The molecule has 0 spiro atoms. The summed E-state index contributed by atoms with van der Waals surface area (Å²) < 4.78 is 46.2. The van der Waals surface area contributed by atoms with Gasteiger partial charge in [0, 0.05) is 19.3 Å². The highest BCUT2D eigenvalue weighted by Crippen LogP contribution is 2.30. The molecule has 1 saturated heterocycles. The van der Waals surface area contributed by atoms with Gasteiger partial charge < -0.3 is 19.3 Å². The number of hydrogen-bond acceptors (Lipinski definition) is 7. The van der Waals surface area contributed by atoms with Gasteiger partial charge in [0.25, 0.3) is 5.91 Å². The number of anilines is 2. The van der Waals surface area contributed by atoms with Crippen LogP contribution in [0.15, 0.2) is 42.6 Å². The lowest BCUT2D eigenvalue weighted by Crippen LogP contribution is -2.33. The Morgan fingerprint density at radius 2 is 1.81 bits per heavy atom. The summed E-state index contributed by atoms with van der Waals surface area (Å²) in [5.41, 5.74) is 0.709. The molecule has 1 unspecified atom stereocenters. The number of carbonyl (C=O) groups is 3. The van der Waals surface area contributed by atoms with Crippen LogP contribution in [0.25, 0.3) is 0 Å². The monoisotopic (exact) mass is 523 g/mol. The van der Waals surface area contributed by atoms with Gasteiger partial charge in [0.2, 0.25) is 0 Å². The van der Waals surface area contributed by atoms with Crippen LogP contribution < -0.4 is 15.0 Å². The highest BCUT2D eigenvalue weighted by Gasteiger charge is 2.43. The number of pyridine rings is 1. The number of urea groups is 1. The molecule has 1 aromatic heterocycles. The minimum atomic E-state index is -4.85. The first-order chi connectivity index (χ1) is 17.5. The maximum atomic E-state index is 13.0. The third kappa shape index (κ3) is 7.32. The molecule has 1 fully saturated rings. The number of ether oxygens (including phenoxy) is 2. The standard InChI is InChI=1S/C24H28F3N5O5/c1-4-30(5-2)12-13-36-22(34)29-20-14-17(10-11-28-20)15-31-16(3)21(33)32(23(31)35)18-6-8-19(9-7-18)37-24(25,26)27/h6-11,14,16H,4-5,12-13,15H2,1-3H3,(H,28,29,34). The zero-order chi connectivity index (χ0) is 27.2. The van der Waals surface area contributed by atoms with Crippen LogP contribution in [-0.4, -0.2) is 71.5 Å². The number of nitrogens with zero attached hydrogens (tertiary/aromatic N) is 4. The largest absolute Gasteiger partial charge is 0.573 e. The van der Waals surface area contributed by atoms with Crippen LogP contribution in [0.5, 0.6) is 5.75 Å². The van der Waals surface area contributed by atoms with E-state index in [0.717, 1.165) is 30.1 Å². The van der Waals surface area contributed by atoms with E-state index in [0.29, 0.717) is 12.1 Å². The molecule has 10 nitrogen and oxygen atoms in total. The van der Waals surface area contributed by atoms with E-state index in [4.69, 9.17) is 4.74 Å². The van der Waals surface area contributed by atoms with Crippen molar-refractivity contribution in [1.29, 1.82) is 0 Å². The third-order valence-corrected chi connectivity index (χ3v) is 5.75. The van der Waals surface area contributed by atoms with Gasteiger partial charge in [-0.15, -0.1) is 13.2 Å². The Kier molecular flexibility index (Phi) is 8.92. The van der Waals surface area contributed by atoms with Crippen LogP contribution in [0, 0.1) is 0 Å². The van der Waals surface area contributed by atoms with Crippen LogP contribution in [0.4, 0.5) is 34.3 Å². The summed E-state index contributed by atoms with van der Waals surface area (Å²) in [6.07, 6.45) is -4.07. The number of imide groups is 1. The van der Waals surface area contributed by atoms with Crippen molar-refractivity contribution in [3.8, 4) is 5.75 Å². The van der Waals surface area contributed by atoms with Crippen LogP contribution in [-0.2, 0) is 16.1 Å². The Bertz CT molecular complexity index is 1110. The Balaban J connectivity index is 1.63. The molecule has 0 bridgehead atoms. The highest BCUT2D eigenvalue weighted by atomic mass is 19.4. The number of nitrogens with one attached hydrogen (secondary N) is 1. The van der Waals surface area contributed by atoms with Gasteiger partial charge in [-0.3, -0.25) is 10.1 Å². The van der Waals surface area contributed by atoms with E-state index in [9.17, 15) is 27.6 Å². The molecule has 4 amide bonds. The average Bonchev–Trinajstić information content (AvgIpc) is 3.05. The predicted molar refractivity (Wildman–Crippen MR) is 128 cm³/mol. The van der Waals surface area contributed by atoms with Crippen LogP contribution in [0.1, 0.15) is 26.3 Å². The van der Waals surface area contributed by atoms with Gasteiger partial charge in [-0.1, -0.05) is 13.8 Å². The van der Waals surface area contributed by atoms with E-state index in [2.05, 4.69) is 19.9 Å². The highest BCUT2D eigenvalue weighted by molar-refractivity contribution is 6.21. The van der Waals surface area contributed by atoms with Crippen molar-refractivity contribution in [2.24, 2.45) is 0 Å². The van der Waals surface area contributed by atoms with Gasteiger partial charge in [0.1, 0.15) is 24.2 Å². The van der Waals surface area contributed by atoms with Crippen molar-refractivity contribution in [2.45, 2.75) is 39.7 Å². The average molecular weight is 524 g/mol. The molecule has 1 aromatic carbocycles. The quantitative estimate of drug-likeness (QED) is 0.465. The van der Waals surface area contributed by atoms with Crippen LogP contribution in [0.2, 0.25) is 0 Å². The summed E-state index contributed by atoms with van der Waals surface area (Å²) >= 11 is 0. The zero-order valence-electron chi connectivity index (χ0n) is 20.6. The smallest absolute Gasteiger partial charge is 0.448 e. The van der Waals surface area contributed by atoms with E-state index < -0.39 is 36.2 Å². The van der Waals surface area contributed by atoms with Gasteiger partial charge in [-0.05, 0) is 62.0 Å². The molecule has 1 atom stereocenters. The summed E-state index contributed by atoms with van der Waals surface area (Å²) in [5, 5.41) is 2.54. The summed E-state index contributed by atoms with van der Waals surface area (Å²) in [7, 11) is 0. The van der Waals surface area contributed by atoms with E-state index >= 15 is 0 Å². The van der Waals surface area contributed by atoms with E-state index in [1.165, 1.54) is 23.2 Å². The first kappa shape index (κ1) is 27.7. The maximum Gasteiger partial charge on any atom is 0.573 e. The van der Waals surface area contributed by atoms with Crippen molar-refractivity contribution in [3.63, 3.8) is 0 Å². The molecule has 1 aliphatic heterocycles. The Hall–Kier alpha value is -3.87. The van der Waals surface area contributed by atoms with E-state index in [1.54, 1.807) is 19.1 Å². The maximum absolute atomic E-state index is 13.0. The number of benzene rings is 1. The molecular formula is C24H28F3N5O5. The SMILES string of the molecule is CCN(CC)CCOC(=O)Nc1cc(CN2C(=O)N(c3ccc(OC(F)(F)F)cc3)C(=O)C2C)ccn1. The normalized spacial score (nSPS) is 15.9. The lowest BCUT2D eigenvalue weighted by atomic mass is 10.2. The van der Waals surface area contributed by atoms with Gasteiger partial charge in [-0.25, -0.2) is 19.5 Å². The molecular weight excluding hydrogens is 495 g/mol. The topological polar surface area (TPSA) is 104 Å². The van der Waals surface area contributed by atoms with Crippen molar-refractivity contribution >= 4 is 29.5 Å². The number of carbonyl (C=O) groups excluding carboxylic acids is 3. The molecule has 1 N–H and O–H groups in total. The van der Waals surface area contributed by atoms with Gasteiger partial charge >= 0.3 is 18.5 Å². The molecule has 37 heavy (non-hydrogen) atoms. The number of alkyl halides is 3. The number of hydrogen-bond donors (Lipinski definition) is 1. The lowest BCUT2D eigenvalue weighted by Gasteiger charge is -2.20. The first-order valence-corrected chi connectivity index (χ1v) is 11.6. The van der Waals surface area contributed by atoms with Crippen molar-refractivity contribution in [2.75, 3.05) is 36.5 Å².